The molecule has 0 spiro atoms. The van der Waals surface area contributed by atoms with E-state index >= 15 is 0 Å². The number of hydrogen-bond donors (Lipinski definition) is 2. The first kappa shape index (κ1) is 14.4. The molecule has 19 heavy (non-hydrogen) atoms. The predicted octanol–water partition coefficient (Wildman–Crippen LogP) is 1.99. The van der Waals surface area contributed by atoms with Gasteiger partial charge >= 0.3 is 5.97 Å². The number of benzene rings is 1. The van der Waals surface area contributed by atoms with Gasteiger partial charge in [-0.05, 0) is 12.0 Å². The molecular weight excluding hydrogens is 250 g/mol. The minimum Gasteiger partial charge on any atom is -0.480 e. The highest BCUT2D eigenvalue weighted by Crippen LogP contribution is 2.23. The summed E-state index contributed by atoms with van der Waals surface area (Å²) in [5.74, 6) is -1.24. The van der Waals surface area contributed by atoms with E-state index in [4.69, 9.17) is 10.4 Å². The number of nitrogens with zero attached hydrogens (tertiary/aromatic N) is 2. The van der Waals surface area contributed by atoms with E-state index in [0.29, 0.717) is 0 Å². The molecule has 7 nitrogen and oxygen atoms in total. The number of nitro benzene ring substituents is 1. The molecule has 2 N–H and O–H groups in total. The van der Waals surface area contributed by atoms with Crippen molar-refractivity contribution in [1.82, 2.24) is 0 Å². The fraction of sp³-hybridized carbons (Fsp3) is 0.333. The van der Waals surface area contributed by atoms with Gasteiger partial charge in [-0.1, -0.05) is 13.8 Å². The molecule has 1 rings (SSSR count). The molecule has 1 aromatic carbocycles. The van der Waals surface area contributed by atoms with Gasteiger partial charge in [0, 0.05) is 12.1 Å². The van der Waals surface area contributed by atoms with Crippen molar-refractivity contribution >= 4 is 17.3 Å². The Hall–Kier alpha value is -2.62. The van der Waals surface area contributed by atoms with Gasteiger partial charge in [-0.15, -0.1) is 0 Å². The third-order valence-corrected chi connectivity index (χ3v) is 2.58. The summed E-state index contributed by atoms with van der Waals surface area (Å²) in [6.45, 7) is 3.45. The van der Waals surface area contributed by atoms with Crippen molar-refractivity contribution in [3.05, 3.63) is 33.9 Å². The molecule has 0 amide bonds. The first-order chi connectivity index (χ1) is 8.86. The Morgan fingerprint density at radius 2 is 2.16 bits per heavy atom. The Morgan fingerprint density at radius 1 is 1.53 bits per heavy atom. The van der Waals surface area contributed by atoms with Gasteiger partial charge in [-0.3, -0.25) is 10.1 Å². The van der Waals surface area contributed by atoms with Crippen molar-refractivity contribution in [2.75, 3.05) is 5.32 Å². The van der Waals surface area contributed by atoms with Crippen molar-refractivity contribution in [1.29, 1.82) is 5.26 Å². The zero-order valence-electron chi connectivity index (χ0n) is 10.5. The monoisotopic (exact) mass is 263 g/mol. The van der Waals surface area contributed by atoms with E-state index in [1.807, 2.05) is 6.07 Å². The fourth-order valence-corrected chi connectivity index (χ4v) is 1.55. The number of nitriles is 1. The second kappa shape index (κ2) is 5.82. The summed E-state index contributed by atoms with van der Waals surface area (Å²) in [6.07, 6.45) is 0. The molecular formula is C12H13N3O4. The van der Waals surface area contributed by atoms with Crippen molar-refractivity contribution < 1.29 is 14.8 Å². The molecule has 0 radical (unpaired) electrons. The molecule has 0 aliphatic rings. The second-order valence-corrected chi connectivity index (χ2v) is 4.30. The minimum absolute atomic E-state index is 0.0427. The van der Waals surface area contributed by atoms with Crippen LogP contribution in [0.1, 0.15) is 19.4 Å². The number of carbonyl (C=O) groups is 1. The first-order valence-corrected chi connectivity index (χ1v) is 5.54. The Balaban J connectivity index is 3.11. The van der Waals surface area contributed by atoms with Crippen LogP contribution < -0.4 is 5.32 Å². The van der Waals surface area contributed by atoms with Gasteiger partial charge in [0.05, 0.1) is 16.2 Å². The molecule has 0 heterocycles. The third-order valence-electron chi connectivity index (χ3n) is 2.58. The lowest BCUT2D eigenvalue weighted by atomic mass is 10.0. The summed E-state index contributed by atoms with van der Waals surface area (Å²) >= 11 is 0. The smallest absolute Gasteiger partial charge is 0.326 e. The molecule has 0 saturated carbocycles. The summed E-state index contributed by atoms with van der Waals surface area (Å²) in [5, 5.41) is 31.3. The average Bonchev–Trinajstić information content (AvgIpc) is 2.34. The topological polar surface area (TPSA) is 116 Å². The summed E-state index contributed by atoms with van der Waals surface area (Å²) in [6, 6.07) is 4.63. The van der Waals surface area contributed by atoms with E-state index in [2.05, 4.69) is 5.32 Å². The van der Waals surface area contributed by atoms with Crippen LogP contribution in [0.5, 0.6) is 0 Å². The number of carboxylic acids is 1. The summed E-state index contributed by atoms with van der Waals surface area (Å²) in [5.41, 5.74) is 0.105. The molecule has 1 aromatic rings. The van der Waals surface area contributed by atoms with Crippen LogP contribution in [0.4, 0.5) is 11.4 Å². The number of nitrogens with one attached hydrogen (secondary N) is 1. The van der Waals surface area contributed by atoms with E-state index in [1.54, 1.807) is 13.8 Å². The van der Waals surface area contributed by atoms with E-state index in [-0.39, 0.29) is 22.9 Å². The molecule has 0 saturated heterocycles. The molecule has 7 heteroatoms. The lowest BCUT2D eigenvalue weighted by Crippen LogP contribution is -2.34. The van der Waals surface area contributed by atoms with Crippen LogP contribution in [-0.4, -0.2) is 22.0 Å². The lowest BCUT2D eigenvalue weighted by molar-refractivity contribution is -0.384. The SMILES string of the molecule is CC(C)C(Nc1ccc([N+](=O)[O-])cc1C#N)C(=O)O. The lowest BCUT2D eigenvalue weighted by Gasteiger charge is -2.19. The van der Waals surface area contributed by atoms with Crippen molar-refractivity contribution in [2.24, 2.45) is 5.92 Å². The number of rotatable bonds is 5. The second-order valence-electron chi connectivity index (χ2n) is 4.30. The van der Waals surface area contributed by atoms with Crippen molar-refractivity contribution in [2.45, 2.75) is 19.9 Å². The zero-order valence-corrected chi connectivity index (χ0v) is 10.5. The third kappa shape index (κ3) is 3.42. The van der Waals surface area contributed by atoms with Gasteiger partial charge in [-0.2, -0.15) is 5.26 Å². The minimum atomic E-state index is -1.04. The maximum atomic E-state index is 11.1. The molecule has 0 aromatic heterocycles. The Labute approximate surface area is 109 Å². The number of non-ortho nitro benzene ring substituents is 1. The van der Waals surface area contributed by atoms with Gasteiger partial charge < -0.3 is 10.4 Å². The summed E-state index contributed by atoms with van der Waals surface area (Å²) < 4.78 is 0. The van der Waals surface area contributed by atoms with E-state index in [0.717, 1.165) is 6.07 Å². The zero-order chi connectivity index (χ0) is 14.6. The fourth-order valence-electron chi connectivity index (χ4n) is 1.55. The highest BCUT2D eigenvalue weighted by molar-refractivity contribution is 5.78. The Morgan fingerprint density at radius 3 is 2.58 bits per heavy atom. The maximum Gasteiger partial charge on any atom is 0.326 e. The number of nitro groups is 1. The quantitative estimate of drug-likeness (QED) is 0.619. The summed E-state index contributed by atoms with van der Waals surface area (Å²) in [7, 11) is 0. The standard InChI is InChI=1S/C12H13N3O4/c1-7(2)11(12(16)17)14-10-4-3-9(15(18)19)5-8(10)6-13/h3-5,7,11,14H,1-2H3,(H,16,17). The maximum absolute atomic E-state index is 11.1. The molecule has 0 bridgehead atoms. The van der Waals surface area contributed by atoms with Crippen LogP contribution in [0.15, 0.2) is 18.2 Å². The van der Waals surface area contributed by atoms with Crippen molar-refractivity contribution in [3.63, 3.8) is 0 Å². The van der Waals surface area contributed by atoms with E-state index in [9.17, 15) is 14.9 Å². The van der Waals surface area contributed by atoms with Crippen molar-refractivity contribution in [3.8, 4) is 6.07 Å². The molecule has 0 aliphatic carbocycles. The Kier molecular flexibility index (Phi) is 4.42. The van der Waals surface area contributed by atoms with Crippen LogP contribution in [0.2, 0.25) is 0 Å². The normalized spacial score (nSPS) is 11.7. The number of aliphatic carboxylic acids is 1. The van der Waals surface area contributed by atoms with Gasteiger partial charge in [0.2, 0.25) is 0 Å². The number of anilines is 1. The van der Waals surface area contributed by atoms with Crippen LogP contribution in [-0.2, 0) is 4.79 Å². The molecule has 0 fully saturated rings. The Bertz CT molecular complexity index is 548. The van der Waals surface area contributed by atoms with E-state index < -0.39 is 16.9 Å². The molecule has 1 atom stereocenters. The number of hydrogen-bond acceptors (Lipinski definition) is 5. The van der Waals surface area contributed by atoms with Crippen LogP contribution in [0.25, 0.3) is 0 Å². The number of carboxylic acid groups (broad SMARTS) is 1. The molecule has 0 aliphatic heterocycles. The van der Waals surface area contributed by atoms with Crippen LogP contribution in [0, 0.1) is 27.4 Å². The molecule has 100 valence electrons. The summed E-state index contributed by atoms with van der Waals surface area (Å²) in [4.78, 5) is 21.1. The van der Waals surface area contributed by atoms with Gasteiger partial charge in [0.15, 0.2) is 0 Å². The highest BCUT2D eigenvalue weighted by atomic mass is 16.6. The molecule has 1 unspecified atom stereocenters. The highest BCUT2D eigenvalue weighted by Gasteiger charge is 2.22. The van der Waals surface area contributed by atoms with Gasteiger partial charge in [-0.25, -0.2) is 4.79 Å². The predicted molar refractivity (Wildman–Crippen MR) is 67.7 cm³/mol. The van der Waals surface area contributed by atoms with Gasteiger partial charge in [0.1, 0.15) is 12.1 Å². The average molecular weight is 263 g/mol. The van der Waals surface area contributed by atoms with E-state index in [1.165, 1.54) is 12.1 Å². The largest absolute Gasteiger partial charge is 0.480 e. The van der Waals surface area contributed by atoms with Gasteiger partial charge in [0.25, 0.3) is 5.69 Å². The van der Waals surface area contributed by atoms with Crippen LogP contribution >= 0.6 is 0 Å². The first-order valence-electron chi connectivity index (χ1n) is 5.54. The van der Waals surface area contributed by atoms with Crippen LogP contribution in [0.3, 0.4) is 0 Å².